The molecule has 2 saturated heterocycles. The summed E-state index contributed by atoms with van der Waals surface area (Å²) in [5.74, 6) is -0.0509. The number of aliphatic hydroxyl groups excluding tert-OH is 1. The fraction of sp³-hybridized carbons (Fsp3) is 1.00. The van der Waals surface area contributed by atoms with E-state index < -0.39 is 11.9 Å². The van der Waals surface area contributed by atoms with Gasteiger partial charge in [0.15, 0.2) is 5.79 Å². The Kier molecular flexibility index (Phi) is 4.48. The van der Waals surface area contributed by atoms with Gasteiger partial charge in [0.25, 0.3) is 0 Å². The zero-order valence-corrected chi connectivity index (χ0v) is 12.9. The molecule has 2 fully saturated rings. The summed E-state index contributed by atoms with van der Waals surface area (Å²) in [4.78, 5) is 0. The molecule has 0 saturated carbocycles. The average molecular weight is 293 g/mol. The van der Waals surface area contributed by atoms with Gasteiger partial charge in [-0.1, -0.05) is 13.8 Å². The summed E-state index contributed by atoms with van der Waals surface area (Å²) in [6, 6.07) is 0. The molecule has 0 radical (unpaired) electrons. The number of fused-ring (bicyclic) bond motifs is 1. The number of aliphatic hydroxyl groups is 1. The van der Waals surface area contributed by atoms with Gasteiger partial charge in [0.2, 0.25) is 0 Å². The van der Waals surface area contributed by atoms with Crippen LogP contribution in [0.25, 0.3) is 0 Å². The minimum atomic E-state index is -0.662. The van der Waals surface area contributed by atoms with Crippen molar-refractivity contribution >= 4 is 11.6 Å². The van der Waals surface area contributed by atoms with Crippen LogP contribution >= 0.6 is 11.6 Å². The number of rotatable bonds is 3. The first kappa shape index (κ1) is 15.5. The molecule has 0 aromatic carbocycles. The summed E-state index contributed by atoms with van der Waals surface area (Å²) in [5, 5.41) is 10.6. The van der Waals surface area contributed by atoms with Crippen molar-refractivity contribution in [3.63, 3.8) is 0 Å². The van der Waals surface area contributed by atoms with E-state index >= 15 is 0 Å². The van der Waals surface area contributed by atoms with E-state index in [1.807, 2.05) is 27.7 Å². The van der Waals surface area contributed by atoms with Crippen molar-refractivity contribution < 1.29 is 19.3 Å². The Morgan fingerprint density at radius 2 is 1.95 bits per heavy atom. The second-order valence-electron chi connectivity index (χ2n) is 6.55. The topological polar surface area (TPSA) is 47.9 Å². The van der Waals surface area contributed by atoms with Crippen molar-refractivity contribution in [3.8, 4) is 0 Å². The standard InChI is InChI=1S/C14H25ClO4/c1-13(2)10(6-5-7-15)18-9-8-17-14(3,4)19-11(9)12(13)16/h9-12,16H,5-8H2,1-4H3/t9-,10-,11+,12-/m1/s1. The Balaban J connectivity index is 2.12. The third-order valence-corrected chi connectivity index (χ3v) is 4.49. The largest absolute Gasteiger partial charge is 0.390 e. The van der Waals surface area contributed by atoms with Crippen LogP contribution in [-0.2, 0) is 14.2 Å². The molecule has 2 aliphatic heterocycles. The molecule has 19 heavy (non-hydrogen) atoms. The monoisotopic (exact) mass is 292 g/mol. The van der Waals surface area contributed by atoms with E-state index in [9.17, 15) is 5.11 Å². The molecule has 0 unspecified atom stereocenters. The summed E-state index contributed by atoms with van der Waals surface area (Å²) in [6.45, 7) is 8.24. The molecule has 112 valence electrons. The van der Waals surface area contributed by atoms with Gasteiger partial charge in [0, 0.05) is 11.3 Å². The molecule has 1 N–H and O–H groups in total. The summed E-state index contributed by atoms with van der Waals surface area (Å²) >= 11 is 5.76. The highest BCUT2D eigenvalue weighted by Crippen LogP contribution is 2.42. The Bertz CT molecular complexity index is 319. The highest BCUT2D eigenvalue weighted by atomic mass is 35.5. The highest BCUT2D eigenvalue weighted by molar-refractivity contribution is 6.17. The van der Waals surface area contributed by atoms with Crippen LogP contribution in [0.5, 0.6) is 0 Å². The zero-order chi connectivity index (χ0) is 14.3. The van der Waals surface area contributed by atoms with Crippen LogP contribution in [-0.4, -0.2) is 47.8 Å². The van der Waals surface area contributed by atoms with Gasteiger partial charge in [-0.25, -0.2) is 0 Å². The zero-order valence-electron chi connectivity index (χ0n) is 12.2. The lowest BCUT2D eigenvalue weighted by molar-refractivity contribution is -0.363. The van der Waals surface area contributed by atoms with Crippen LogP contribution in [0.15, 0.2) is 0 Å². The average Bonchev–Trinajstić information content (AvgIpc) is 2.32. The molecule has 0 aromatic heterocycles. The number of hydrogen-bond donors (Lipinski definition) is 1. The fourth-order valence-corrected chi connectivity index (χ4v) is 3.06. The first-order chi connectivity index (χ1) is 8.78. The fourth-order valence-electron chi connectivity index (χ4n) is 2.90. The van der Waals surface area contributed by atoms with Crippen LogP contribution in [0.3, 0.4) is 0 Å². The number of halogens is 1. The van der Waals surface area contributed by atoms with Crippen LogP contribution in [0, 0.1) is 5.41 Å². The molecule has 0 spiro atoms. The van der Waals surface area contributed by atoms with Crippen LogP contribution in [0.2, 0.25) is 0 Å². The molecule has 4 nitrogen and oxygen atoms in total. The maximum atomic E-state index is 10.6. The van der Waals surface area contributed by atoms with E-state index in [1.165, 1.54) is 0 Å². The Morgan fingerprint density at radius 3 is 2.58 bits per heavy atom. The smallest absolute Gasteiger partial charge is 0.163 e. The van der Waals surface area contributed by atoms with Crippen molar-refractivity contribution in [2.45, 2.75) is 70.7 Å². The predicted octanol–water partition coefficient (Wildman–Crippen LogP) is 2.31. The number of ether oxygens (including phenoxy) is 3. The van der Waals surface area contributed by atoms with Gasteiger partial charge in [-0.15, -0.1) is 11.6 Å². The molecule has 2 heterocycles. The first-order valence-corrected chi connectivity index (χ1v) is 7.52. The third-order valence-electron chi connectivity index (χ3n) is 4.22. The molecule has 0 bridgehead atoms. The lowest BCUT2D eigenvalue weighted by atomic mass is 9.73. The second-order valence-corrected chi connectivity index (χ2v) is 6.93. The molecule has 0 aliphatic carbocycles. The molecule has 2 rings (SSSR count). The van der Waals surface area contributed by atoms with Crippen LogP contribution in [0.4, 0.5) is 0 Å². The lowest BCUT2D eigenvalue weighted by Crippen LogP contribution is -2.65. The third kappa shape index (κ3) is 3.08. The van der Waals surface area contributed by atoms with Gasteiger partial charge < -0.3 is 19.3 Å². The summed E-state index contributed by atoms with van der Waals surface area (Å²) in [6.07, 6.45) is 0.626. The lowest BCUT2D eigenvalue weighted by Gasteiger charge is -2.53. The van der Waals surface area contributed by atoms with Crippen molar-refractivity contribution in [3.05, 3.63) is 0 Å². The Morgan fingerprint density at radius 1 is 1.26 bits per heavy atom. The van der Waals surface area contributed by atoms with Crippen molar-refractivity contribution in [2.24, 2.45) is 5.41 Å². The van der Waals surface area contributed by atoms with E-state index in [1.54, 1.807) is 0 Å². The van der Waals surface area contributed by atoms with Crippen LogP contribution in [0.1, 0.15) is 40.5 Å². The molecule has 5 heteroatoms. The summed E-state index contributed by atoms with van der Waals surface area (Å²) in [7, 11) is 0. The van der Waals surface area contributed by atoms with Gasteiger partial charge in [0.1, 0.15) is 12.2 Å². The first-order valence-electron chi connectivity index (χ1n) is 6.99. The van der Waals surface area contributed by atoms with E-state index in [-0.39, 0.29) is 23.7 Å². The molecular formula is C14H25ClO4. The number of alkyl halides is 1. The Hall–Kier alpha value is 0.130. The van der Waals surface area contributed by atoms with Crippen molar-refractivity contribution in [1.29, 1.82) is 0 Å². The van der Waals surface area contributed by atoms with E-state index in [2.05, 4.69) is 0 Å². The van der Waals surface area contributed by atoms with Crippen molar-refractivity contribution in [1.82, 2.24) is 0 Å². The second kappa shape index (κ2) is 5.49. The van der Waals surface area contributed by atoms with Gasteiger partial charge in [-0.05, 0) is 26.7 Å². The van der Waals surface area contributed by atoms with Gasteiger partial charge in [-0.2, -0.15) is 0 Å². The molecule has 2 aliphatic rings. The van der Waals surface area contributed by atoms with Gasteiger partial charge >= 0.3 is 0 Å². The molecular weight excluding hydrogens is 268 g/mol. The number of hydrogen-bond acceptors (Lipinski definition) is 4. The quantitative estimate of drug-likeness (QED) is 0.811. The van der Waals surface area contributed by atoms with E-state index in [4.69, 9.17) is 25.8 Å². The summed E-state index contributed by atoms with van der Waals surface area (Å²) in [5.41, 5.74) is -0.347. The summed E-state index contributed by atoms with van der Waals surface area (Å²) < 4.78 is 17.6. The molecule has 0 amide bonds. The highest BCUT2D eigenvalue weighted by Gasteiger charge is 2.53. The van der Waals surface area contributed by atoms with E-state index in [0.29, 0.717) is 12.5 Å². The van der Waals surface area contributed by atoms with Crippen molar-refractivity contribution in [2.75, 3.05) is 12.5 Å². The van der Waals surface area contributed by atoms with E-state index in [0.717, 1.165) is 12.8 Å². The normalized spacial score (nSPS) is 40.7. The van der Waals surface area contributed by atoms with Gasteiger partial charge in [-0.3, -0.25) is 0 Å². The molecule has 0 aromatic rings. The van der Waals surface area contributed by atoms with Gasteiger partial charge in [0.05, 0.1) is 18.8 Å². The maximum absolute atomic E-state index is 10.6. The molecule has 4 atom stereocenters. The Labute approximate surface area is 120 Å². The predicted molar refractivity (Wildman–Crippen MR) is 73.3 cm³/mol. The maximum Gasteiger partial charge on any atom is 0.163 e. The van der Waals surface area contributed by atoms with Crippen LogP contribution < -0.4 is 0 Å². The minimum absolute atomic E-state index is 0.0177. The minimum Gasteiger partial charge on any atom is -0.390 e. The SMILES string of the molecule is CC1(C)OC[C@H]2O[C@H](CCCCl)C(C)(C)[C@H](O)[C@H]2O1.